The number of ether oxygens (including phenoxy) is 4. The van der Waals surface area contributed by atoms with Gasteiger partial charge >= 0.3 is 23.9 Å². The summed E-state index contributed by atoms with van der Waals surface area (Å²) >= 11 is 0. The topological polar surface area (TPSA) is 146 Å². The second kappa shape index (κ2) is 22.7. The molecule has 0 spiro atoms. The molecule has 0 radical (unpaired) electrons. The largest absolute Gasteiger partial charge is 0.462 e. The molecule has 1 saturated carbocycles. The fraction of sp³-hybridized carbons (Fsp3) is 0.439. The van der Waals surface area contributed by atoms with E-state index in [9.17, 15) is 24.0 Å². The molecule has 11 heteroatoms. The van der Waals surface area contributed by atoms with Crippen molar-refractivity contribution in [2.45, 2.75) is 109 Å². The maximum absolute atomic E-state index is 13.1. The summed E-state index contributed by atoms with van der Waals surface area (Å²) in [6.07, 6.45) is 5.36. The van der Waals surface area contributed by atoms with Crippen LogP contribution in [0.4, 0.5) is 0 Å². The van der Waals surface area contributed by atoms with Gasteiger partial charge in [-0.25, -0.2) is 4.79 Å². The van der Waals surface area contributed by atoms with Gasteiger partial charge < -0.3 is 29.6 Å². The number of hydrogen-bond acceptors (Lipinski definition) is 10. The van der Waals surface area contributed by atoms with Crippen molar-refractivity contribution >= 4 is 29.8 Å². The summed E-state index contributed by atoms with van der Waals surface area (Å²) in [5, 5.41) is 5.85. The standard InChI is InChI=1S/C41H50N2O9/c44-37(43-36(41(48)51-30-33-18-9-3-10-19-33)24-25-38(45)49-28-31-14-5-1-6-15-31)22-13-27-42-35(40(47)50-29-32-16-7-2-8-17-32)23-26-39(46)52-34-20-11-4-12-21-34/h1-3,5-10,14-19,34-36,42H,4,11-13,20-30H2,(H,43,44)/t35-,36-/m0/s1. The van der Waals surface area contributed by atoms with Crippen LogP contribution in [0.15, 0.2) is 91.0 Å². The van der Waals surface area contributed by atoms with Crippen molar-refractivity contribution in [3.63, 3.8) is 0 Å². The molecule has 0 unspecified atom stereocenters. The van der Waals surface area contributed by atoms with Crippen LogP contribution in [0.3, 0.4) is 0 Å². The molecule has 1 aliphatic carbocycles. The Morgan fingerprint density at radius 2 is 1.06 bits per heavy atom. The molecule has 278 valence electrons. The van der Waals surface area contributed by atoms with E-state index in [1.807, 2.05) is 91.0 Å². The Labute approximate surface area is 305 Å². The monoisotopic (exact) mass is 714 g/mol. The van der Waals surface area contributed by atoms with E-state index < -0.39 is 35.9 Å². The van der Waals surface area contributed by atoms with Crippen LogP contribution in [0.1, 0.15) is 87.3 Å². The average Bonchev–Trinajstić information content (AvgIpc) is 3.18. The van der Waals surface area contributed by atoms with Gasteiger partial charge in [0.1, 0.15) is 38.0 Å². The van der Waals surface area contributed by atoms with Crippen molar-refractivity contribution in [1.29, 1.82) is 0 Å². The first-order valence-electron chi connectivity index (χ1n) is 18.2. The van der Waals surface area contributed by atoms with Crippen LogP contribution in [0, 0.1) is 0 Å². The van der Waals surface area contributed by atoms with Crippen LogP contribution in [0.25, 0.3) is 0 Å². The Kier molecular flexibility index (Phi) is 17.4. The third-order valence-electron chi connectivity index (χ3n) is 8.69. The molecule has 1 amide bonds. The summed E-state index contributed by atoms with van der Waals surface area (Å²) in [7, 11) is 0. The summed E-state index contributed by atoms with van der Waals surface area (Å²) in [5.74, 6) is -2.42. The molecule has 11 nitrogen and oxygen atoms in total. The zero-order valence-corrected chi connectivity index (χ0v) is 29.7. The quantitative estimate of drug-likeness (QED) is 0.0780. The van der Waals surface area contributed by atoms with E-state index in [0.29, 0.717) is 6.42 Å². The Hall–Kier alpha value is -5.03. The summed E-state index contributed by atoms with van der Waals surface area (Å²) in [4.78, 5) is 64.3. The highest BCUT2D eigenvalue weighted by Crippen LogP contribution is 2.21. The number of carbonyl (C=O) groups excluding carboxylic acids is 5. The summed E-state index contributed by atoms with van der Waals surface area (Å²) < 4.78 is 22.0. The Bertz CT molecular complexity index is 1530. The van der Waals surface area contributed by atoms with E-state index in [2.05, 4.69) is 10.6 Å². The van der Waals surface area contributed by atoms with Crippen molar-refractivity contribution in [2.24, 2.45) is 0 Å². The highest BCUT2D eigenvalue weighted by atomic mass is 16.5. The van der Waals surface area contributed by atoms with Crippen LogP contribution >= 0.6 is 0 Å². The van der Waals surface area contributed by atoms with Gasteiger partial charge in [-0.05, 0) is 68.2 Å². The number of nitrogens with one attached hydrogen (secondary N) is 2. The predicted octanol–water partition coefficient (Wildman–Crippen LogP) is 5.88. The SMILES string of the molecule is O=C(CCCN[C@@H](CCC(=O)OC1CCCCC1)C(=O)OCc1ccccc1)N[C@@H](CCC(=O)OCc1ccccc1)C(=O)OCc1ccccc1. The molecule has 3 aromatic rings. The molecule has 0 saturated heterocycles. The van der Waals surface area contributed by atoms with Gasteiger partial charge in [-0.2, -0.15) is 0 Å². The lowest BCUT2D eigenvalue weighted by Gasteiger charge is -2.22. The van der Waals surface area contributed by atoms with Crippen molar-refractivity contribution in [1.82, 2.24) is 10.6 Å². The molecule has 2 N–H and O–H groups in total. The highest BCUT2D eigenvalue weighted by Gasteiger charge is 2.26. The van der Waals surface area contributed by atoms with Crippen LogP contribution in [-0.4, -0.2) is 54.5 Å². The first-order chi connectivity index (χ1) is 25.4. The van der Waals surface area contributed by atoms with Gasteiger partial charge in [0.05, 0.1) is 0 Å². The highest BCUT2D eigenvalue weighted by molar-refractivity contribution is 5.85. The Morgan fingerprint density at radius 1 is 0.577 bits per heavy atom. The molecule has 4 rings (SSSR count). The summed E-state index contributed by atoms with van der Waals surface area (Å²) in [5.41, 5.74) is 2.46. The van der Waals surface area contributed by atoms with Crippen molar-refractivity contribution < 1.29 is 42.9 Å². The molecule has 2 atom stereocenters. The van der Waals surface area contributed by atoms with E-state index in [1.165, 1.54) is 0 Å². The van der Waals surface area contributed by atoms with Crippen LogP contribution in [0.2, 0.25) is 0 Å². The Balaban J connectivity index is 1.26. The van der Waals surface area contributed by atoms with Crippen LogP contribution in [0.5, 0.6) is 0 Å². The molecular formula is C41H50N2O9. The first-order valence-corrected chi connectivity index (χ1v) is 18.2. The molecule has 0 aliphatic heterocycles. The summed E-state index contributed by atoms with van der Waals surface area (Å²) in [6.45, 7) is 0.481. The minimum Gasteiger partial charge on any atom is -0.462 e. The summed E-state index contributed by atoms with van der Waals surface area (Å²) in [6, 6.07) is 25.8. The van der Waals surface area contributed by atoms with Gasteiger partial charge in [-0.3, -0.25) is 19.2 Å². The van der Waals surface area contributed by atoms with Gasteiger partial charge in [-0.1, -0.05) is 97.4 Å². The third kappa shape index (κ3) is 15.5. The lowest BCUT2D eigenvalue weighted by Crippen LogP contribution is -2.43. The van der Waals surface area contributed by atoms with E-state index in [1.54, 1.807) is 0 Å². The van der Waals surface area contributed by atoms with Crippen LogP contribution < -0.4 is 10.6 Å². The lowest BCUT2D eigenvalue weighted by molar-refractivity contribution is -0.152. The second-order valence-electron chi connectivity index (χ2n) is 12.9. The van der Waals surface area contributed by atoms with Crippen molar-refractivity contribution in [3.05, 3.63) is 108 Å². The molecule has 52 heavy (non-hydrogen) atoms. The smallest absolute Gasteiger partial charge is 0.328 e. The molecular weight excluding hydrogens is 664 g/mol. The number of carbonyl (C=O) groups is 5. The molecule has 3 aromatic carbocycles. The minimum absolute atomic E-state index is 0.00246. The molecule has 0 bridgehead atoms. The Morgan fingerprint density at radius 3 is 1.62 bits per heavy atom. The maximum atomic E-state index is 13.1. The van der Waals surface area contributed by atoms with Gasteiger partial charge in [0, 0.05) is 19.3 Å². The third-order valence-corrected chi connectivity index (χ3v) is 8.69. The van der Waals surface area contributed by atoms with Gasteiger partial charge in [0.15, 0.2) is 0 Å². The molecule has 1 aliphatic rings. The number of benzene rings is 3. The maximum Gasteiger partial charge on any atom is 0.328 e. The molecule has 0 aromatic heterocycles. The second-order valence-corrected chi connectivity index (χ2v) is 12.9. The lowest BCUT2D eigenvalue weighted by atomic mass is 9.98. The van der Waals surface area contributed by atoms with E-state index in [0.717, 1.165) is 48.8 Å². The zero-order valence-electron chi connectivity index (χ0n) is 29.7. The number of amides is 1. The normalized spacial score (nSPS) is 14.0. The number of hydrogen-bond donors (Lipinski definition) is 2. The minimum atomic E-state index is -1.07. The number of rotatable bonds is 21. The number of esters is 4. The van der Waals surface area contributed by atoms with Crippen molar-refractivity contribution in [3.8, 4) is 0 Å². The molecule has 1 fully saturated rings. The fourth-order valence-electron chi connectivity index (χ4n) is 5.76. The average molecular weight is 715 g/mol. The zero-order chi connectivity index (χ0) is 36.8. The fourth-order valence-corrected chi connectivity index (χ4v) is 5.76. The van der Waals surface area contributed by atoms with E-state index in [-0.39, 0.29) is 70.5 Å². The van der Waals surface area contributed by atoms with Crippen molar-refractivity contribution in [2.75, 3.05) is 6.54 Å². The van der Waals surface area contributed by atoms with Gasteiger partial charge in [0.2, 0.25) is 5.91 Å². The van der Waals surface area contributed by atoms with E-state index >= 15 is 0 Å². The van der Waals surface area contributed by atoms with E-state index in [4.69, 9.17) is 18.9 Å². The van der Waals surface area contributed by atoms with Crippen LogP contribution in [-0.2, 0) is 62.7 Å². The van der Waals surface area contributed by atoms with Gasteiger partial charge in [-0.15, -0.1) is 0 Å². The predicted molar refractivity (Wildman–Crippen MR) is 193 cm³/mol. The van der Waals surface area contributed by atoms with Gasteiger partial charge in [0.25, 0.3) is 0 Å². The first kappa shape index (κ1) is 39.8. The molecule has 0 heterocycles.